The van der Waals surface area contributed by atoms with Crippen LogP contribution in [-0.4, -0.2) is 11.1 Å². The van der Waals surface area contributed by atoms with E-state index in [9.17, 15) is 5.11 Å². The number of aryl methyl sites for hydroxylation is 1. The zero-order valence-corrected chi connectivity index (χ0v) is 15.7. The average molecular weight is 367 g/mol. The molecule has 26 heavy (non-hydrogen) atoms. The summed E-state index contributed by atoms with van der Waals surface area (Å²) in [6.45, 7) is 2.27. The van der Waals surface area contributed by atoms with Gasteiger partial charge in [-0.25, -0.2) is 0 Å². The van der Waals surface area contributed by atoms with Crippen LogP contribution < -0.4 is 5.32 Å². The van der Waals surface area contributed by atoms with Crippen molar-refractivity contribution in [1.82, 2.24) is 0 Å². The Kier molecular flexibility index (Phi) is 6.32. The minimum Gasteiger partial charge on any atom is -0.508 e. The Labute approximate surface area is 160 Å². The highest BCUT2D eigenvalue weighted by Crippen LogP contribution is 2.21. The van der Waals surface area contributed by atoms with Gasteiger partial charge in [-0.3, -0.25) is 0 Å². The summed E-state index contributed by atoms with van der Waals surface area (Å²) in [7, 11) is 0. The van der Waals surface area contributed by atoms with E-state index in [4.69, 9.17) is 11.6 Å². The smallest absolute Gasteiger partial charge is 0.137 e. The fourth-order valence-electron chi connectivity index (χ4n) is 3.23. The van der Waals surface area contributed by atoms with Gasteiger partial charge in [0.25, 0.3) is 0 Å². The number of hydrogen-bond acceptors (Lipinski definition) is 1. The number of halogens is 1. The van der Waals surface area contributed by atoms with Crippen LogP contribution in [0.15, 0.2) is 78.9 Å². The Bertz CT molecular complexity index is 800. The van der Waals surface area contributed by atoms with E-state index in [-0.39, 0.29) is 6.04 Å². The second-order valence-corrected chi connectivity index (χ2v) is 7.25. The van der Waals surface area contributed by atoms with Gasteiger partial charge in [0.1, 0.15) is 11.8 Å². The molecule has 0 aliphatic heterocycles. The Morgan fingerprint density at radius 3 is 2.12 bits per heavy atom. The highest BCUT2D eigenvalue weighted by atomic mass is 35.5. The minimum absolute atomic E-state index is 0.253. The molecule has 2 nitrogen and oxygen atoms in total. The van der Waals surface area contributed by atoms with Crippen molar-refractivity contribution in [3.05, 3.63) is 101 Å². The Morgan fingerprint density at radius 1 is 0.846 bits per heavy atom. The van der Waals surface area contributed by atoms with Crippen LogP contribution in [0.25, 0.3) is 0 Å². The molecule has 134 valence electrons. The largest absolute Gasteiger partial charge is 0.508 e. The third kappa shape index (κ3) is 5.10. The third-order valence-electron chi connectivity index (χ3n) is 4.73. The van der Waals surface area contributed by atoms with Gasteiger partial charge in [-0.05, 0) is 43.2 Å². The summed E-state index contributed by atoms with van der Waals surface area (Å²) in [6, 6.07) is 27.0. The molecule has 3 aromatic carbocycles. The van der Waals surface area contributed by atoms with Crippen LogP contribution in [0, 0.1) is 0 Å². The molecule has 0 saturated heterocycles. The maximum atomic E-state index is 9.41. The van der Waals surface area contributed by atoms with Gasteiger partial charge >= 0.3 is 0 Å². The molecule has 0 bridgehead atoms. The zero-order valence-electron chi connectivity index (χ0n) is 15.0. The zero-order chi connectivity index (χ0) is 18.4. The fraction of sp³-hybridized carbons (Fsp3) is 0.217. The molecule has 0 unspecified atom stereocenters. The summed E-state index contributed by atoms with van der Waals surface area (Å²) < 4.78 is 0. The molecule has 2 atom stereocenters. The van der Waals surface area contributed by atoms with Gasteiger partial charge in [0.05, 0.1) is 6.04 Å². The van der Waals surface area contributed by atoms with Gasteiger partial charge in [0.2, 0.25) is 0 Å². The van der Waals surface area contributed by atoms with Crippen LogP contribution in [0.5, 0.6) is 5.75 Å². The van der Waals surface area contributed by atoms with E-state index in [0.29, 0.717) is 11.8 Å². The summed E-state index contributed by atoms with van der Waals surface area (Å²) in [4.78, 5) is 0. The molecular formula is C23H25ClNO+. The lowest BCUT2D eigenvalue weighted by molar-refractivity contribution is -0.717. The Morgan fingerprint density at radius 2 is 1.46 bits per heavy atom. The molecule has 0 amide bonds. The SMILES string of the molecule is C[C@H](CCc1ccc(O)cc1)[NH2+][C@@H](c1ccccc1)c1ccc(Cl)cc1. The Balaban J connectivity index is 1.70. The first kappa shape index (κ1) is 18.5. The summed E-state index contributed by atoms with van der Waals surface area (Å²) in [6.07, 6.45) is 2.07. The molecule has 0 radical (unpaired) electrons. The summed E-state index contributed by atoms with van der Waals surface area (Å²) in [5.74, 6) is 0.320. The van der Waals surface area contributed by atoms with Crippen LogP contribution in [0.4, 0.5) is 0 Å². The standard InChI is InChI=1S/C23H24ClNO/c1-17(7-8-18-9-15-22(26)16-10-18)25-23(19-5-3-2-4-6-19)20-11-13-21(24)14-12-20/h2-6,9-17,23,25-26H,7-8H2,1H3/p+1/t17-,23+/m1/s1. The van der Waals surface area contributed by atoms with Gasteiger partial charge in [0, 0.05) is 22.6 Å². The summed E-state index contributed by atoms with van der Waals surface area (Å²) in [5, 5.41) is 12.6. The lowest BCUT2D eigenvalue weighted by Gasteiger charge is -2.21. The first-order valence-corrected chi connectivity index (χ1v) is 9.43. The van der Waals surface area contributed by atoms with Crippen molar-refractivity contribution in [2.45, 2.75) is 31.8 Å². The number of nitrogens with two attached hydrogens (primary N) is 1. The third-order valence-corrected chi connectivity index (χ3v) is 4.99. The van der Waals surface area contributed by atoms with Crippen molar-refractivity contribution in [3.63, 3.8) is 0 Å². The average Bonchev–Trinajstić information content (AvgIpc) is 2.67. The molecule has 0 aromatic heterocycles. The number of rotatable bonds is 7. The number of benzene rings is 3. The van der Waals surface area contributed by atoms with Crippen molar-refractivity contribution < 1.29 is 10.4 Å². The van der Waals surface area contributed by atoms with Gasteiger partial charge in [-0.1, -0.05) is 66.2 Å². The molecule has 0 fully saturated rings. The van der Waals surface area contributed by atoms with E-state index in [0.717, 1.165) is 17.9 Å². The predicted molar refractivity (Wildman–Crippen MR) is 108 cm³/mol. The summed E-state index contributed by atoms with van der Waals surface area (Å²) in [5.41, 5.74) is 3.81. The Hall–Kier alpha value is -2.29. The monoisotopic (exact) mass is 366 g/mol. The van der Waals surface area contributed by atoms with Crippen LogP contribution in [0.1, 0.15) is 36.1 Å². The van der Waals surface area contributed by atoms with Crippen LogP contribution in [-0.2, 0) is 6.42 Å². The molecule has 0 saturated carbocycles. The first-order valence-electron chi connectivity index (χ1n) is 9.05. The highest BCUT2D eigenvalue weighted by Gasteiger charge is 2.20. The van der Waals surface area contributed by atoms with Gasteiger partial charge < -0.3 is 10.4 Å². The molecule has 0 aliphatic carbocycles. The maximum Gasteiger partial charge on any atom is 0.137 e. The van der Waals surface area contributed by atoms with Gasteiger partial charge in [-0.2, -0.15) is 0 Å². The van der Waals surface area contributed by atoms with Crippen molar-refractivity contribution in [3.8, 4) is 5.75 Å². The molecule has 0 spiro atoms. The predicted octanol–water partition coefficient (Wildman–Crippen LogP) is 4.72. The van der Waals surface area contributed by atoms with Gasteiger partial charge in [0.15, 0.2) is 0 Å². The fourth-order valence-corrected chi connectivity index (χ4v) is 3.35. The van der Waals surface area contributed by atoms with Crippen LogP contribution in [0.2, 0.25) is 5.02 Å². The van der Waals surface area contributed by atoms with Crippen molar-refractivity contribution in [2.24, 2.45) is 0 Å². The lowest BCUT2D eigenvalue weighted by Crippen LogP contribution is -2.90. The first-order chi connectivity index (χ1) is 12.6. The number of aromatic hydroxyl groups is 1. The molecular weight excluding hydrogens is 342 g/mol. The maximum absolute atomic E-state index is 9.41. The number of hydrogen-bond donors (Lipinski definition) is 2. The summed E-state index contributed by atoms with van der Waals surface area (Å²) >= 11 is 6.07. The highest BCUT2D eigenvalue weighted by molar-refractivity contribution is 6.30. The number of phenols is 1. The minimum atomic E-state index is 0.253. The quantitative estimate of drug-likeness (QED) is 0.623. The van der Waals surface area contributed by atoms with E-state index in [2.05, 4.69) is 54.7 Å². The van der Waals surface area contributed by atoms with E-state index in [1.54, 1.807) is 12.1 Å². The molecule has 3 heteroatoms. The normalized spacial score (nSPS) is 13.3. The number of quaternary nitrogens is 1. The topological polar surface area (TPSA) is 36.8 Å². The van der Waals surface area contributed by atoms with E-state index in [1.165, 1.54) is 16.7 Å². The lowest BCUT2D eigenvalue weighted by atomic mass is 9.97. The van der Waals surface area contributed by atoms with Crippen molar-refractivity contribution >= 4 is 11.6 Å². The number of phenolic OH excluding ortho intramolecular Hbond substituents is 1. The second kappa shape index (κ2) is 8.88. The molecule has 0 heterocycles. The second-order valence-electron chi connectivity index (χ2n) is 6.81. The van der Waals surface area contributed by atoms with Crippen LogP contribution >= 0.6 is 11.6 Å². The van der Waals surface area contributed by atoms with E-state index in [1.807, 2.05) is 24.3 Å². The van der Waals surface area contributed by atoms with Crippen molar-refractivity contribution in [1.29, 1.82) is 0 Å². The van der Waals surface area contributed by atoms with Gasteiger partial charge in [-0.15, -0.1) is 0 Å². The molecule has 3 rings (SSSR count). The van der Waals surface area contributed by atoms with Crippen molar-refractivity contribution in [2.75, 3.05) is 0 Å². The van der Waals surface area contributed by atoms with E-state index >= 15 is 0 Å². The molecule has 0 aliphatic rings. The van der Waals surface area contributed by atoms with Crippen LogP contribution in [0.3, 0.4) is 0 Å². The molecule has 3 aromatic rings. The molecule has 3 N–H and O–H groups in total. The van der Waals surface area contributed by atoms with E-state index < -0.39 is 0 Å².